The Labute approximate surface area is 89.3 Å². The van der Waals surface area contributed by atoms with E-state index in [1.54, 1.807) is 12.1 Å². The molecule has 0 saturated heterocycles. The van der Waals surface area contributed by atoms with Crippen molar-refractivity contribution < 1.29 is 14.9 Å². The zero-order chi connectivity index (χ0) is 10.8. The van der Waals surface area contributed by atoms with Crippen LogP contribution in [0.15, 0.2) is 18.2 Å². The van der Waals surface area contributed by atoms with Crippen molar-refractivity contribution in [3.05, 3.63) is 29.3 Å². The number of aryl methyl sites for hydroxylation is 1. The van der Waals surface area contributed by atoms with Gasteiger partial charge in [-0.2, -0.15) is 0 Å². The standard InChI is InChI=1S/C12H16O3/c1-2-8-3-4-9(12(13)14)7-11(8)15-10-5-6-10/h3-4,7,10,12-14H,2,5-6H2,1H3. The molecule has 82 valence electrons. The third-order valence-electron chi connectivity index (χ3n) is 2.59. The van der Waals surface area contributed by atoms with Crippen molar-refractivity contribution in [2.75, 3.05) is 0 Å². The lowest BCUT2D eigenvalue weighted by Crippen LogP contribution is -2.02. The van der Waals surface area contributed by atoms with Crippen LogP contribution in [0.5, 0.6) is 5.75 Å². The summed E-state index contributed by atoms with van der Waals surface area (Å²) < 4.78 is 5.72. The zero-order valence-electron chi connectivity index (χ0n) is 8.81. The van der Waals surface area contributed by atoms with Crippen molar-refractivity contribution in [1.82, 2.24) is 0 Å². The third-order valence-corrected chi connectivity index (χ3v) is 2.59. The molecule has 2 rings (SSSR count). The summed E-state index contributed by atoms with van der Waals surface area (Å²) in [6, 6.07) is 5.34. The van der Waals surface area contributed by atoms with Gasteiger partial charge in [0.15, 0.2) is 6.29 Å². The lowest BCUT2D eigenvalue weighted by Gasteiger charge is -2.12. The highest BCUT2D eigenvalue weighted by Gasteiger charge is 2.24. The molecule has 0 atom stereocenters. The fraction of sp³-hybridized carbons (Fsp3) is 0.500. The number of hydrogen-bond acceptors (Lipinski definition) is 3. The molecule has 1 saturated carbocycles. The first-order valence-corrected chi connectivity index (χ1v) is 5.36. The first kappa shape index (κ1) is 10.5. The van der Waals surface area contributed by atoms with Crippen molar-refractivity contribution in [2.24, 2.45) is 0 Å². The molecule has 0 aliphatic heterocycles. The Morgan fingerprint density at radius 1 is 1.40 bits per heavy atom. The van der Waals surface area contributed by atoms with Crippen LogP contribution in [0.3, 0.4) is 0 Å². The van der Waals surface area contributed by atoms with E-state index in [1.807, 2.05) is 6.07 Å². The van der Waals surface area contributed by atoms with Gasteiger partial charge in [-0.25, -0.2) is 0 Å². The Kier molecular flexibility index (Phi) is 2.93. The summed E-state index contributed by atoms with van der Waals surface area (Å²) in [5.74, 6) is 0.797. The van der Waals surface area contributed by atoms with Crippen LogP contribution >= 0.6 is 0 Å². The number of hydrogen-bond donors (Lipinski definition) is 2. The van der Waals surface area contributed by atoms with E-state index >= 15 is 0 Å². The molecule has 0 aromatic heterocycles. The van der Waals surface area contributed by atoms with Gasteiger partial charge in [-0.3, -0.25) is 0 Å². The largest absolute Gasteiger partial charge is 0.490 e. The highest BCUT2D eigenvalue weighted by atomic mass is 16.5. The Hall–Kier alpha value is -1.06. The average molecular weight is 208 g/mol. The van der Waals surface area contributed by atoms with Crippen molar-refractivity contribution in [3.8, 4) is 5.75 Å². The van der Waals surface area contributed by atoms with Gasteiger partial charge in [0.2, 0.25) is 0 Å². The molecule has 1 fully saturated rings. The third kappa shape index (κ3) is 2.49. The molecule has 0 bridgehead atoms. The second kappa shape index (κ2) is 4.21. The second-order valence-electron chi connectivity index (χ2n) is 3.91. The van der Waals surface area contributed by atoms with Gasteiger partial charge in [0.25, 0.3) is 0 Å². The summed E-state index contributed by atoms with van der Waals surface area (Å²) in [5, 5.41) is 18.1. The molecule has 3 heteroatoms. The van der Waals surface area contributed by atoms with Crippen LogP contribution in [-0.2, 0) is 6.42 Å². The van der Waals surface area contributed by atoms with Crippen LogP contribution in [0, 0.1) is 0 Å². The van der Waals surface area contributed by atoms with Crippen LogP contribution in [0.2, 0.25) is 0 Å². The van der Waals surface area contributed by atoms with E-state index in [0.717, 1.165) is 30.6 Å². The molecule has 1 aliphatic carbocycles. The fourth-order valence-electron chi connectivity index (χ4n) is 1.50. The van der Waals surface area contributed by atoms with Gasteiger partial charge in [-0.15, -0.1) is 0 Å². The van der Waals surface area contributed by atoms with Crippen molar-refractivity contribution in [3.63, 3.8) is 0 Å². The molecular weight excluding hydrogens is 192 g/mol. The van der Waals surface area contributed by atoms with E-state index in [9.17, 15) is 0 Å². The Bertz CT molecular complexity index is 343. The van der Waals surface area contributed by atoms with E-state index < -0.39 is 6.29 Å². The van der Waals surface area contributed by atoms with Gasteiger partial charge in [-0.05, 0) is 30.9 Å². The molecule has 0 spiro atoms. The topological polar surface area (TPSA) is 49.7 Å². The van der Waals surface area contributed by atoms with Crippen molar-refractivity contribution in [1.29, 1.82) is 0 Å². The first-order valence-electron chi connectivity index (χ1n) is 5.36. The molecule has 15 heavy (non-hydrogen) atoms. The predicted molar refractivity (Wildman–Crippen MR) is 56.6 cm³/mol. The maximum absolute atomic E-state index is 9.06. The van der Waals surface area contributed by atoms with E-state index in [2.05, 4.69) is 6.92 Å². The number of aliphatic hydroxyl groups excluding tert-OH is 1. The minimum Gasteiger partial charge on any atom is -0.490 e. The Morgan fingerprint density at radius 3 is 2.67 bits per heavy atom. The number of ether oxygens (including phenoxy) is 1. The average Bonchev–Trinajstić information content (AvgIpc) is 3.01. The summed E-state index contributed by atoms with van der Waals surface area (Å²) in [6.45, 7) is 2.06. The smallest absolute Gasteiger partial charge is 0.178 e. The summed E-state index contributed by atoms with van der Waals surface area (Å²) in [5.41, 5.74) is 1.61. The van der Waals surface area contributed by atoms with Crippen LogP contribution in [0.1, 0.15) is 37.2 Å². The second-order valence-corrected chi connectivity index (χ2v) is 3.91. The quantitative estimate of drug-likeness (QED) is 0.741. The molecule has 0 radical (unpaired) electrons. The summed E-state index contributed by atoms with van der Waals surface area (Å²) >= 11 is 0. The van der Waals surface area contributed by atoms with E-state index in [1.165, 1.54) is 0 Å². The maximum atomic E-state index is 9.06. The van der Waals surface area contributed by atoms with E-state index in [4.69, 9.17) is 14.9 Å². The number of benzene rings is 1. The molecule has 1 aromatic carbocycles. The molecule has 0 amide bonds. The molecule has 0 unspecified atom stereocenters. The maximum Gasteiger partial charge on any atom is 0.178 e. The van der Waals surface area contributed by atoms with Crippen molar-refractivity contribution in [2.45, 2.75) is 38.6 Å². The highest BCUT2D eigenvalue weighted by Crippen LogP contribution is 2.31. The molecule has 2 N–H and O–H groups in total. The molecule has 0 heterocycles. The van der Waals surface area contributed by atoms with Crippen LogP contribution in [0.25, 0.3) is 0 Å². The molecule has 1 aromatic rings. The van der Waals surface area contributed by atoms with Crippen molar-refractivity contribution >= 4 is 0 Å². The predicted octanol–water partition coefficient (Wildman–Crippen LogP) is 1.77. The van der Waals surface area contributed by atoms with E-state index in [-0.39, 0.29) is 0 Å². The molecule has 3 nitrogen and oxygen atoms in total. The van der Waals surface area contributed by atoms with Gasteiger partial charge < -0.3 is 14.9 Å². The lowest BCUT2D eigenvalue weighted by molar-refractivity contribution is -0.0426. The number of aliphatic hydroxyl groups is 2. The van der Waals surface area contributed by atoms with Gasteiger partial charge in [0.1, 0.15) is 5.75 Å². The van der Waals surface area contributed by atoms with Gasteiger partial charge in [0.05, 0.1) is 6.10 Å². The van der Waals surface area contributed by atoms with E-state index in [0.29, 0.717) is 11.7 Å². The van der Waals surface area contributed by atoms with Crippen LogP contribution < -0.4 is 4.74 Å². The highest BCUT2D eigenvalue weighted by molar-refractivity contribution is 5.38. The normalized spacial score (nSPS) is 15.7. The SMILES string of the molecule is CCc1ccc(C(O)O)cc1OC1CC1. The Morgan fingerprint density at radius 2 is 2.13 bits per heavy atom. The monoisotopic (exact) mass is 208 g/mol. The first-order chi connectivity index (χ1) is 7.20. The Balaban J connectivity index is 2.24. The molecular formula is C12H16O3. The zero-order valence-corrected chi connectivity index (χ0v) is 8.81. The van der Waals surface area contributed by atoms with Gasteiger partial charge in [-0.1, -0.05) is 19.1 Å². The van der Waals surface area contributed by atoms with Crippen LogP contribution in [0.4, 0.5) is 0 Å². The van der Waals surface area contributed by atoms with Gasteiger partial charge >= 0.3 is 0 Å². The fourth-order valence-corrected chi connectivity index (χ4v) is 1.50. The van der Waals surface area contributed by atoms with Crippen LogP contribution in [-0.4, -0.2) is 16.3 Å². The summed E-state index contributed by atoms with van der Waals surface area (Å²) in [6.07, 6.45) is 2.02. The van der Waals surface area contributed by atoms with Gasteiger partial charge in [0, 0.05) is 5.56 Å². The summed E-state index contributed by atoms with van der Waals surface area (Å²) in [4.78, 5) is 0. The molecule has 1 aliphatic rings. The minimum atomic E-state index is -1.42. The lowest BCUT2D eigenvalue weighted by atomic mass is 10.1. The number of rotatable bonds is 4. The summed E-state index contributed by atoms with van der Waals surface area (Å²) in [7, 11) is 0. The minimum absolute atomic E-state index is 0.335.